The summed E-state index contributed by atoms with van der Waals surface area (Å²) in [5.74, 6) is 0. The van der Waals surface area contributed by atoms with Gasteiger partial charge in [-0.05, 0) is 51.2 Å². The molecule has 2 heterocycles. The van der Waals surface area contributed by atoms with Gasteiger partial charge in [0, 0.05) is 5.39 Å². The molecular formula is C6H2I2N2S. The Labute approximate surface area is 94.7 Å². The quantitative estimate of drug-likeness (QED) is 0.513. The maximum atomic E-state index is 4.16. The molecule has 0 bridgehead atoms. The molecule has 0 aliphatic heterocycles. The first kappa shape index (κ1) is 8.11. The molecule has 2 nitrogen and oxygen atoms in total. The van der Waals surface area contributed by atoms with Crippen LogP contribution >= 0.6 is 56.5 Å². The third kappa shape index (κ3) is 1.50. The van der Waals surface area contributed by atoms with E-state index >= 15 is 0 Å². The first-order valence-electron chi connectivity index (χ1n) is 2.83. The summed E-state index contributed by atoms with van der Waals surface area (Å²) in [7, 11) is 0. The number of rotatable bonds is 0. The van der Waals surface area contributed by atoms with Crippen LogP contribution in [-0.2, 0) is 0 Å². The maximum absolute atomic E-state index is 4.16. The van der Waals surface area contributed by atoms with E-state index < -0.39 is 0 Å². The van der Waals surface area contributed by atoms with Gasteiger partial charge in [-0.1, -0.05) is 0 Å². The minimum atomic E-state index is 1.03. The van der Waals surface area contributed by atoms with E-state index in [2.05, 4.69) is 61.2 Å². The molecule has 5 heteroatoms. The summed E-state index contributed by atoms with van der Waals surface area (Å²) < 4.78 is 2.29. The lowest BCUT2D eigenvalue weighted by molar-refractivity contribution is 1.20. The summed E-state index contributed by atoms with van der Waals surface area (Å²) in [5, 5.41) is 1.17. The monoisotopic (exact) mass is 388 g/mol. The van der Waals surface area contributed by atoms with E-state index in [0.717, 1.165) is 8.53 Å². The number of thiophene rings is 1. The average Bonchev–Trinajstić information content (AvgIpc) is 2.31. The normalized spacial score (nSPS) is 10.7. The number of hydrogen-bond donors (Lipinski definition) is 0. The highest BCUT2D eigenvalue weighted by Crippen LogP contribution is 2.26. The zero-order chi connectivity index (χ0) is 7.84. The van der Waals surface area contributed by atoms with Crippen LogP contribution in [0.25, 0.3) is 10.2 Å². The van der Waals surface area contributed by atoms with Crippen molar-refractivity contribution in [2.45, 2.75) is 0 Å². The van der Waals surface area contributed by atoms with Gasteiger partial charge in [-0.2, -0.15) is 0 Å². The second-order valence-corrected chi connectivity index (χ2v) is 5.88. The minimum absolute atomic E-state index is 1.03. The molecule has 0 atom stereocenters. The maximum Gasteiger partial charge on any atom is 0.128 e. The van der Waals surface area contributed by atoms with Crippen LogP contribution in [0.3, 0.4) is 0 Å². The van der Waals surface area contributed by atoms with Crippen molar-refractivity contribution >= 4 is 66.7 Å². The van der Waals surface area contributed by atoms with Crippen LogP contribution in [0.1, 0.15) is 0 Å². The Balaban J connectivity index is 2.90. The summed E-state index contributed by atoms with van der Waals surface area (Å²) in [4.78, 5) is 9.34. The second kappa shape index (κ2) is 3.09. The van der Waals surface area contributed by atoms with Gasteiger partial charge >= 0.3 is 0 Å². The first-order valence-corrected chi connectivity index (χ1v) is 5.80. The predicted molar refractivity (Wildman–Crippen MR) is 62.8 cm³/mol. The van der Waals surface area contributed by atoms with Gasteiger partial charge < -0.3 is 0 Å². The van der Waals surface area contributed by atoms with Crippen molar-refractivity contribution < 1.29 is 0 Å². The van der Waals surface area contributed by atoms with Gasteiger partial charge in [-0.25, -0.2) is 9.97 Å². The van der Waals surface area contributed by atoms with Crippen LogP contribution in [0.4, 0.5) is 0 Å². The first-order chi connectivity index (χ1) is 5.27. The van der Waals surface area contributed by atoms with Crippen molar-refractivity contribution in [1.29, 1.82) is 0 Å². The van der Waals surface area contributed by atoms with Crippen molar-refractivity contribution in [2.24, 2.45) is 0 Å². The molecule has 11 heavy (non-hydrogen) atoms. The van der Waals surface area contributed by atoms with Crippen LogP contribution in [0.15, 0.2) is 12.4 Å². The van der Waals surface area contributed by atoms with Gasteiger partial charge in [0.2, 0.25) is 0 Å². The molecule has 56 valence electrons. The summed E-state index contributed by atoms with van der Waals surface area (Å²) in [6.07, 6.45) is 1.61. The van der Waals surface area contributed by atoms with Crippen molar-refractivity contribution in [3.8, 4) is 0 Å². The highest BCUT2D eigenvalue weighted by molar-refractivity contribution is 14.1. The van der Waals surface area contributed by atoms with E-state index in [0.29, 0.717) is 0 Å². The smallest absolute Gasteiger partial charge is 0.128 e. The molecule has 0 unspecified atom stereocenters. The zero-order valence-corrected chi connectivity index (χ0v) is 10.3. The van der Waals surface area contributed by atoms with E-state index in [1.807, 2.05) is 0 Å². The second-order valence-electron chi connectivity index (χ2n) is 1.93. The van der Waals surface area contributed by atoms with Crippen LogP contribution in [0, 0.1) is 6.58 Å². The van der Waals surface area contributed by atoms with Gasteiger partial charge in [-0.15, -0.1) is 11.3 Å². The van der Waals surface area contributed by atoms with Gasteiger partial charge in [0.1, 0.15) is 14.9 Å². The Morgan fingerprint density at radius 1 is 1.27 bits per heavy atom. The standard InChI is InChI=1S/C6H2I2N2S/c7-4-1-3-5(8)9-2-10-6(3)11-4/h1-2H. The molecule has 0 amide bonds. The van der Waals surface area contributed by atoms with Gasteiger partial charge in [0.25, 0.3) is 0 Å². The Hall–Kier alpha value is 0.500. The molecule has 0 aliphatic carbocycles. The van der Waals surface area contributed by atoms with Gasteiger partial charge in [0.15, 0.2) is 0 Å². The van der Waals surface area contributed by atoms with Gasteiger partial charge in [0.05, 0.1) is 2.88 Å². The Morgan fingerprint density at radius 3 is 2.82 bits per heavy atom. The van der Waals surface area contributed by atoms with Crippen LogP contribution in [-0.4, -0.2) is 9.97 Å². The van der Waals surface area contributed by atoms with Crippen molar-refractivity contribution in [1.82, 2.24) is 9.97 Å². The molecule has 2 rings (SSSR count). The van der Waals surface area contributed by atoms with Crippen LogP contribution < -0.4 is 0 Å². The summed E-state index contributed by atoms with van der Waals surface area (Å²) >= 11 is 6.22. The molecule has 0 aromatic carbocycles. The Kier molecular flexibility index (Phi) is 2.28. The van der Waals surface area contributed by atoms with Crippen molar-refractivity contribution in [3.05, 3.63) is 19.0 Å². The number of halogens is 2. The fraction of sp³-hybridized carbons (Fsp3) is 0. The Morgan fingerprint density at radius 2 is 2.09 bits per heavy atom. The predicted octanol–water partition coefficient (Wildman–Crippen LogP) is 2.90. The fourth-order valence-corrected chi connectivity index (χ4v) is 3.18. The molecule has 0 radical (unpaired) electrons. The van der Waals surface area contributed by atoms with E-state index in [1.165, 1.54) is 8.27 Å². The average molecular weight is 388 g/mol. The number of hydrogen-bond acceptors (Lipinski definition) is 3. The lowest BCUT2D eigenvalue weighted by Gasteiger charge is -1.88. The van der Waals surface area contributed by atoms with E-state index in [1.54, 1.807) is 17.7 Å². The lowest BCUT2D eigenvalue weighted by atomic mass is 10.4. The SMILES string of the molecule is Ic1cc2c(I)ncnc2s1. The van der Waals surface area contributed by atoms with Crippen molar-refractivity contribution in [3.63, 3.8) is 0 Å². The molecule has 0 aliphatic rings. The molecule has 2 aromatic rings. The molecular weight excluding hydrogens is 386 g/mol. The summed E-state index contributed by atoms with van der Waals surface area (Å²) in [6.45, 7) is 0. The third-order valence-electron chi connectivity index (χ3n) is 1.25. The highest BCUT2D eigenvalue weighted by Gasteiger charge is 2.03. The Bertz CT molecular complexity index is 398. The third-order valence-corrected chi connectivity index (χ3v) is 3.91. The molecule has 2 aromatic heterocycles. The molecule has 0 saturated carbocycles. The largest absolute Gasteiger partial charge is 0.230 e. The highest BCUT2D eigenvalue weighted by atomic mass is 127. The number of nitrogens with zero attached hydrogens (tertiary/aromatic N) is 2. The fourth-order valence-electron chi connectivity index (χ4n) is 0.797. The van der Waals surface area contributed by atoms with E-state index in [4.69, 9.17) is 0 Å². The van der Waals surface area contributed by atoms with E-state index in [-0.39, 0.29) is 0 Å². The van der Waals surface area contributed by atoms with E-state index in [9.17, 15) is 0 Å². The summed E-state index contributed by atoms with van der Waals surface area (Å²) in [6, 6.07) is 2.11. The summed E-state index contributed by atoms with van der Waals surface area (Å²) in [5.41, 5.74) is 0. The molecule has 0 spiro atoms. The number of aromatic nitrogens is 2. The van der Waals surface area contributed by atoms with Crippen LogP contribution in [0.2, 0.25) is 0 Å². The topological polar surface area (TPSA) is 25.8 Å². The van der Waals surface area contributed by atoms with Gasteiger partial charge in [-0.3, -0.25) is 0 Å². The van der Waals surface area contributed by atoms with Crippen LogP contribution in [0.5, 0.6) is 0 Å². The zero-order valence-electron chi connectivity index (χ0n) is 5.21. The number of fused-ring (bicyclic) bond motifs is 1. The molecule has 0 N–H and O–H groups in total. The minimum Gasteiger partial charge on any atom is -0.230 e. The van der Waals surface area contributed by atoms with Crippen molar-refractivity contribution in [2.75, 3.05) is 0 Å². The molecule has 0 saturated heterocycles. The lowest BCUT2D eigenvalue weighted by Crippen LogP contribution is -1.80. The molecule has 0 fully saturated rings.